The highest BCUT2D eigenvalue weighted by molar-refractivity contribution is 6.06. The van der Waals surface area contributed by atoms with E-state index >= 15 is 0 Å². The van der Waals surface area contributed by atoms with Crippen molar-refractivity contribution in [3.63, 3.8) is 0 Å². The molecule has 19 heavy (non-hydrogen) atoms. The van der Waals surface area contributed by atoms with Crippen molar-refractivity contribution >= 4 is 17.8 Å². The summed E-state index contributed by atoms with van der Waals surface area (Å²) in [7, 11) is 0. The average Bonchev–Trinajstić information content (AvgIpc) is 2.52. The standard InChI is InChI=1S/C13H20N2O4/c1-8-10(16)14-7-5-6-9(15(14)11(8)17)12(18)19-13(2,3)4/h8-9H,5-7H2,1-4H3. The molecule has 2 rings (SSSR count). The number of esters is 1. The maximum atomic E-state index is 12.2. The molecule has 0 aliphatic carbocycles. The van der Waals surface area contributed by atoms with Crippen LogP contribution in [0.15, 0.2) is 0 Å². The van der Waals surface area contributed by atoms with Gasteiger partial charge in [0.25, 0.3) is 11.8 Å². The molecule has 2 aliphatic rings. The SMILES string of the molecule is CC1C(=O)N2CCCC(C(=O)OC(C)(C)C)N2C1=O. The molecule has 0 bridgehead atoms. The fourth-order valence-corrected chi connectivity index (χ4v) is 2.44. The van der Waals surface area contributed by atoms with E-state index in [1.807, 2.05) is 0 Å². The summed E-state index contributed by atoms with van der Waals surface area (Å²) >= 11 is 0. The van der Waals surface area contributed by atoms with E-state index in [0.717, 1.165) is 0 Å². The van der Waals surface area contributed by atoms with Gasteiger partial charge in [-0.2, -0.15) is 0 Å². The zero-order chi connectivity index (χ0) is 14.4. The van der Waals surface area contributed by atoms with Gasteiger partial charge in [0.1, 0.15) is 11.5 Å². The third-order valence-corrected chi connectivity index (χ3v) is 3.30. The Morgan fingerprint density at radius 3 is 2.47 bits per heavy atom. The summed E-state index contributed by atoms with van der Waals surface area (Å²) in [5.41, 5.74) is -0.599. The number of hydrogen-bond acceptors (Lipinski definition) is 4. The third-order valence-electron chi connectivity index (χ3n) is 3.30. The van der Waals surface area contributed by atoms with Crippen LogP contribution in [0.5, 0.6) is 0 Å². The normalized spacial score (nSPS) is 27.6. The van der Waals surface area contributed by atoms with Gasteiger partial charge in [-0.15, -0.1) is 0 Å². The van der Waals surface area contributed by atoms with Crippen molar-refractivity contribution in [2.24, 2.45) is 5.92 Å². The first-order chi connectivity index (χ1) is 8.72. The molecule has 0 aromatic rings. The first-order valence-electron chi connectivity index (χ1n) is 6.59. The summed E-state index contributed by atoms with van der Waals surface area (Å²) < 4.78 is 5.33. The van der Waals surface area contributed by atoms with Crippen molar-refractivity contribution < 1.29 is 19.1 Å². The van der Waals surface area contributed by atoms with Gasteiger partial charge in [0.15, 0.2) is 6.04 Å². The molecule has 106 valence electrons. The number of nitrogens with zero attached hydrogens (tertiary/aromatic N) is 2. The monoisotopic (exact) mass is 268 g/mol. The Morgan fingerprint density at radius 1 is 1.26 bits per heavy atom. The van der Waals surface area contributed by atoms with E-state index in [2.05, 4.69) is 0 Å². The maximum absolute atomic E-state index is 12.2. The lowest BCUT2D eigenvalue weighted by Crippen LogP contribution is -2.55. The number of ether oxygens (including phenoxy) is 1. The lowest BCUT2D eigenvalue weighted by molar-refractivity contribution is -0.179. The number of carbonyl (C=O) groups is 3. The zero-order valence-corrected chi connectivity index (χ0v) is 11.8. The predicted molar refractivity (Wildman–Crippen MR) is 66.6 cm³/mol. The first kappa shape index (κ1) is 13.8. The summed E-state index contributed by atoms with van der Waals surface area (Å²) in [6, 6.07) is -0.672. The van der Waals surface area contributed by atoms with E-state index in [4.69, 9.17) is 4.74 Å². The van der Waals surface area contributed by atoms with Crippen LogP contribution in [-0.4, -0.2) is 46.0 Å². The van der Waals surface area contributed by atoms with Gasteiger partial charge in [0.2, 0.25) is 0 Å². The molecule has 0 N–H and O–H groups in total. The largest absolute Gasteiger partial charge is 0.458 e. The second kappa shape index (κ2) is 4.51. The molecular weight excluding hydrogens is 248 g/mol. The van der Waals surface area contributed by atoms with E-state index in [1.54, 1.807) is 27.7 Å². The Kier molecular flexibility index (Phi) is 3.28. The van der Waals surface area contributed by atoms with Crippen molar-refractivity contribution in [3.05, 3.63) is 0 Å². The highest BCUT2D eigenvalue weighted by Gasteiger charge is 2.50. The topological polar surface area (TPSA) is 66.9 Å². The number of fused-ring (bicyclic) bond motifs is 1. The van der Waals surface area contributed by atoms with Crippen molar-refractivity contribution in [3.8, 4) is 0 Å². The van der Waals surface area contributed by atoms with Crippen LogP contribution < -0.4 is 0 Å². The van der Waals surface area contributed by atoms with E-state index in [1.165, 1.54) is 10.0 Å². The zero-order valence-electron chi connectivity index (χ0n) is 11.8. The van der Waals surface area contributed by atoms with Crippen LogP contribution in [-0.2, 0) is 19.1 Å². The molecule has 2 heterocycles. The molecule has 2 fully saturated rings. The Bertz CT molecular complexity index is 427. The summed E-state index contributed by atoms with van der Waals surface area (Å²) in [5, 5.41) is 2.69. The van der Waals surface area contributed by atoms with Crippen LogP contribution in [0.25, 0.3) is 0 Å². The number of hydrogen-bond donors (Lipinski definition) is 0. The van der Waals surface area contributed by atoms with Crippen LogP contribution in [0, 0.1) is 5.92 Å². The fraction of sp³-hybridized carbons (Fsp3) is 0.769. The molecule has 2 saturated heterocycles. The molecule has 6 nitrogen and oxygen atoms in total. The highest BCUT2D eigenvalue weighted by Crippen LogP contribution is 2.29. The first-order valence-corrected chi connectivity index (χ1v) is 6.59. The van der Waals surface area contributed by atoms with Crippen molar-refractivity contribution in [1.29, 1.82) is 0 Å². The second-order valence-electron chi connectivity index (χ2n) is 6.06. The summed E-state index contributed by atoms with van der Waals surface area (Å²) in [6.45, 7) is 7.42. The molecule has 0 spiro atoms. The van der Waals surface area contributed by atoms with Crippen LogP contribution in [0.2, 0.25) is 0 Å². The van der Waals surface area contributed by atoms with Gasteiger partial charge in [-0.25, -0.2) is 9.80 Å². The number of rotatable bonds is 1. The minimum Gasteiger partial charge on any atom is -0.458 e. The van der Waals surface area contributed by atoms with Gasteiger partial charge in [0, 0.05) is 6.54 Å². The van der Waals surface area contributed by atoms with Gasteiger partial charge in [-0.3, -0.25) is 14.6 Å². The van der Waals surface area contributed by atoms with Crippen LogP contribution >= 0.6 is 0 Å². The minimum atomic E-state index is -0.692. The quantitative estimate of drug-likeness (QED) is 0.519. The third kappa shape index (κ3) is 2.43. The van der Waals surface area contributed by atoms with Gasteiger partial charge < -0.3 is 4.74 Å². The highest BCUT2D eigenvalue weighted by atomic mass is 16.6. The molecule has 0 aromatic carbocycles. The molecule has 0 radical (unpaired) electrons. The molecule has 0 saturated carbocycles. The lowest BCUT2D eigenvalue weighted by Gasteiger charge is -2.38. The molecule has 2 unspecified atom stereocenters. The van der Waals surface area contributed by atoms with E-state index < -0.39 is 23.5 Å². The van der Waals surface area contributed by atoms with E-state index in [0.29, 0.717) is 19.4 Å². The van der Waals surface area contributed by atoms with Crippen LogP contribution in [0.1, 0.15) is 40.5 Å². The minimum absolute atomic E-state index is 0.224. The molecule has 2 atom stereocenters. The maximum Gasteiger partial charge on any atom is 0.331 e. The molecule has 2 aliphatic heterocycles. The molecule has 6 heteroatoms. The smallest absolute Gasteiger partial charge is 0.331 e. The molecule has 0 aromatic heterocycles. The summed E-state index contributed by atoms with van der Waals surface area (Å²) in [5.74, 6) is -1.66. The van der Waals surface area contributed by atoms with Crippen molar-refractivity contribution in [1.82, 2.24) is 10.0 Å². The van der Waals surface area contributed by atoms with Crippen molar-refractivity contribution in [2.75, 3.05) is 6.54 Å². The van der Waals surface area contributed by atoms with Gasteiger partial charge >= 0.3 is 5.97 Å². The Balaban J connectivity index is 2.20. The molecular formula is C13H20N2O4. The number of carbonyl (C=O) groups excluding carboxylic acids is 3. The average molecular weight is 268 g/mol. The summed E-state index contributed by atoms with van der Waals surface area (Å²) in [6.07, 6.45) is 1.24. The predicted octanol–water partition coefficient (Wildman–Crippen LogP) is 0.712. The van der Waals surface area contributed by atoms with Crippen LogP contribution in [0.3, 0.4) is 0 Å². The van der Waals surface area contributed by atoms with E-state index in [-0.39, 0.29) is 11.8 Å². The van der Waals surface area contributed by atoms with Crippen LogP contribution in [0.4, 0.5) is 0 Å². The Hall–Kier alpha value is -1.59. The second-order valence-corrected chi connectivity index (χ2v) is 6.06. The Labute approximate surface area is 112 Å². The summed E-state index contributed by atoms with van der Waals surface area (Å²) in [4.78, 5) is 36.2. The van der Waals surface area contributed by atoms with Gasteiger partial charge in [0.05, 0.1) is 0 Å². The number of hydrazine groups is 1. The van der Waals surface area contributed by atoms with Gasteiger partial charge in [-0.05, 0) is 40.5 Å². The van der Waals surface area contributed by atoms with E-state index in [9.17, 15) is 14.4 Å². The number of amides is 2. The lowest BCUT2D eigenvalue weighted by atomic mass is 10.1. The molecule has 2 amide bonds. The van der Waals surface area contributed by atoms with Crippen molar-refractivity contribution in [2.45, 2.75) is 52.2 Å². The fourth-order valence-electron chi connectivity index (χ4n) is 2.44. The Morgan fingerprint density at radius 2 is 1.89 bits per heavy atom. The van der Waals surface area contributed by atoms with Gasteiger partial charge in [-0.1, -0.05) is 0 Å².